The van der Waals surface area contributed by atoms with E-state index in [9.17, 15) is 13.6 Å². The molecule has 1 N–H and O–H groups in total. The molecule has 0 aliphatic rings. The second kappa shape index (κ2) is 6.42. The minimum atomic E-state index is -0.982. The van der Waals surface area contributed by atoms with Gasteiger partial charge in [0.1, 0.15) is 5.76 Å². The molecule has 2 aromatic rings. The lowest BCUT2D eigenvalue weighted by molar-refractivity contribution is 0.317. The van der Waals surface area contributed by atoms with E-state index in [0.717, 1.165) is 6.07 Å². The fourth-order valence-electron chi connectivity index (χ4n) is 1.37. The molecule has 0 saturated heterocycles. The van der Waals surface area contributed by atoms with Gasteiger partial charge in [0, 0.05) is 11.9 Å². The topological polar surface area (TPSA) is 55.2 Å². The number of oxazole rings is 1. The second-order valence-electron chi connectivity index (χ2n) is 3.60. The Morgan fingerprint density at radius 3 is 2.95 bits per heavy atom. The number of thioether (sulfide) groups is 1. The van der Waals surface area contributed by atoms with E-state index in [1.165, 1.54) is 30.1 Å². The van der Waals surface area contributed by atoms with E-state index in [1.807, 2.05) is 0 Å². The smallest absolute Gasteiger partial charge is 0.416 e. The van der Waals surface area contributed by atoms with Crippen molar-refractivity contribution in [3.63, 3.8) is 0 Å². The number of benzene rings is 1. The molecule has 19 heavy (non-hydrogen) atoms. The van der Waals surface area contributed by atoms with Crippen LogP contribution in [0, 0.1) is 11.6 Å². The van der Waals surface area contributed by atoms with E-state index in [1.54, 1.807) is 0 Å². The standard InChI is InChI=1S/C12H11F2NO3S/c13-9-2-1-3-10(11(9)14)17-4-5-19-7-8-6-15-12(16)18-8/h1-3,6H,4-5,7H2,(H,15,16). The fraction of sp³-hybridized carbons (Fsp3) is 0.250. The van der Waals surface area contributed by atoms with Crippen LogP contribution in [0.15, 0.2) is 33.6 Å². The molecular formula is C12H11F2NO3S. The van der Waals surface area contributed by atoms with Gasteiger partial charge in [-0.2, -0.15) is 16.2 Å². The summed E-state index contributed by atoms with van der Waals surface area (Å²) in [4.78, 5) is 13.1. The summed E-state index contributed by atoms with van der Waals surface area (Å²) in [5.74, 6) is -0.906. The molecule has 0 aliphatic carbocycles. The van der Waals surface area contributed by atoms with Crippen molar-refractivity contribution in [3.8, 4) is 5.75 Å². The highest BCUT2D eigenvalue weighted by Crippen LogP contribution is 2.19. The molecule has 102 valence electrons. The van der Waals surface area contributed by atoms with Crippen molar-refractivity contribution >= 4 is 11.8 Å². The van der Waals surface area contributed by atoms with Crippen LogP contribution in [0.1, 0.15) is 5.76 Å². The number of H-pyrrole nitrogens is 1. The monoisotopic (exact) mass is 287 g/mol. The van der Waals surface area contributed by atoms with Gasteiger partial charge in [0.05, 0.1) is 12.4 Å². The maximum absolute atomic E-state index is 13.2. The van der Waals surface area contributed by atoms with Crippen molar-refractivity contribution in [2.24, 2.45) is 0 Å². The summed E-state index contributed by atoms with van der Waals surface area (Å²) in [5.41, 5.74) is 0. The molecule has 4 nitrogen and oxygen atoms in total. The highest BCUT2D eigenvalue weighted by atomic mass is 32.2. The number of hydrogen-bond acceptors (Lipinski definition) is 4. The predicted molar refractivity (Wildman–Crippen MR) is 67.3 cm³/mol. The zero-order valence-corrected chi connectivity index (χ0v) is 10.6. The van der Waals surface area contributed by atoms with Crippen LogP contribution in [0.3, 0.4) is 0 Å². The third-order valence-electron chi connectivity index (χ3n) is 2.22. The normalized spacial score (nSPS) is 10.6. The van der Waals surface area contributed by atoms with Crippen LogP contribution in [-0.4, -0.2) is 17.3 Å². The molecule has 0 aliphatic heterocycles. The van der Waals surface area contributed by atoms with Gasteiger partial charge in [-0.3, -0.25) is 4.98 Å². The first-order valence-corrected chi connectivity index (χ1v) is 6.64. The largest absolute Gasteiger partial charge is 0.490 e. The third-order valence-corrected chi connectivity index (χ3v) is 3.16. The minimum absolute atomic E-state index is 0.103. The summed E-state index contributed by atoms with van der Waals surface area (Å²) in [6, 6.07) is 3.79. The van der Waals surface area contributed by atoms with Crippen molar-refractivity contribution in [2.45, 2.75) is 5.75 Å². The lowest BCUT2D eigenvalue weighted by Crippen LogP contribution is -2.03. The number of aromatic nitrogens is 1. The van der Waals surface area contributed by atoms with E-state index >= 15 is 0 Å². The van der Waals surface area contributed by atoms with Gasteiger partial charge in [-0.15, -0.1) is 0 Å². The summed E-state index contributed by atoms with van der Waals surface area (Å²) in [6.07, 6.45) is 1.49. The molecule has 0 bridgehead atoms. The number of halogens is 2. The van der Waals surface area contributed by atoms with Crippen molar-refractivity contribution in [1.82, 2.24) is 4.98 Å². The Hall–Kier alpha value is -1.76. The highest BCUT2D eigenvalue weighted by molar-refractivity contribution is 7.98. The molecule has 0 unspecified atom stereocenters. The molecular weight excluding hydrogens is 276 g/mol. The van der Waals surface area contributed by atoms with Gasteiger partial charge >= 0.3 is 5.76 Å². The Bertz CT molecular complexity index is 597. The first kappa shape index (κ1) is 13.7. The molecule has 0 saturated carbocycles. The van der Waals surface area contributed by atoms with Crippen LogP contribution < -0.4 is 10.5 Å². The first-order chi connectivity index (χ1) is 9.16. The molecule has 0 amide bonds. The average molecular weight is 287 g/mol. The van der Waals surface area contributed by atoms with Crippen LogP contribution in [0.25, 0.3) is 0 Å². The van der Waals surface area contributed by atoms with E-state index in [-0.39, 0.29) is 12.4 Å². The van der Waals surface area contributed by atoms with Gasteiger partial charge in [0.2, 0.25) is 5.82 Å². The number of nitrogens with one attached hydrogen (secondary N) is 1. The molecule has 2 rings (SSSR count). The van der Waals surface area contributed by atoms with Crippen molar-refractivity contribution in [2.75, 3.05) is 12.4 Å². The van der Waals surface area contributed by atoms with E-state index in [0.29, 0.717) is 17.3 Å². The molecule has 0 radical (unpaired) electrons. The molecule has 1 heterocycles. The fourth-order valence-corrected chi connectivity index (χ4v) is 2.06. The Morgan fingerprint density at radius 1 is 1.37 bits per heavy atom. The van der Waals surface area contributed by atoms with Crippen LogP contribution in [-0.2, 0) is 5.75 Å². The summed E-state index contributed by atoms with van der Waals surface area (Å²) >= 11 is 1.46. The van der Waals surface area contributed by atoms with Crippen LogP contribution in [0.4, 0.5) is 8.78 Å². The number of rotatable bonds is 6. The Labute approximate surface area is 111 Å². The van der Waals surface area contributed by atoms with E-state index in [4.69, 9.17) is 9.15 Å². The van der Waals surface area contributed by atoms with Gasteiger partial charge in [-0.25, -0.2) is 9.18 Å². The van der Waals surface area contributed by atoms with Crippen LogP contribution in [0.5, 0.6) is 5.75 Å². The quantitative estimate of drug-likeness (QED) is 0.830. The predicted octanol–water partition coefficient (Wildman–Crippen LogP) is 2.56. The number of aromatic amines is 1. The van der Waals surface area contributed by atoms with Gasteiger partial charge < -0.3 is 9.15 Å². The minimum Gasteiger partial charge on any atom is -0.490 e. The average Bonchev–Trinajstić information content (AvgIpc) is 2.80. The first-order valence-electron chi connectivity index (χ1n) is 5.49. The Morgan fingerprint density at radius 2 is 2.21 bits per heavy atom. The Kier molecular flexibility index (Phi) is 4.62. The zero-order chi connectivity index (χ0) is 13.7. The highest BCUT2D eigenvalue weighted by Gasteiger charge is 2.08. The van der Waals surface area contributed by atoms with E-state index < -0.39 is 17.4 Å². The maximum Gasteiger partial charge on any atom is 0.416 e. The number of ether oxygens (including phenoxy) is 1. The lowest BCUT2D eigenvalue weighted by atomic mass is 10.3. The van der Waals surface area contributed by atoms with Crippen molar-refractivity contribution < 1.29 is 17.9 Å². The van der Waals surface area contributed by atoms with Crippen LogP contribution >= 0.6 is 11.8 Å². The molecule has 1 aromatic carbocycles. The summed E-state index contributed by atoms with van der Waals surface area (Å²) < 4.78 is 36.0. The number of hydrogen-bond donors (Lipinski definition) is 1. The summed E-state index contributed by atoms with van der Waals surface area (Å²) in [7, 11) is 0. The van der Waals surface area contributed by atoms with Crippen molar-refractivity contribution in [1.29, 1.82) is 0 Å². The summed E-state index contributed by atoms with van der Waals surface area (Å²) in [5, 5.41) is 0. The molecule has 1 aromatic heterocycles. The van der Waals surface area contributed by atoms with Gasteiger partial charge in [-0.1, -0.05) is 6.07 Å². The Balaban J connectivity index is 1.72. The molecule has 0 spiro atoms. The van der Waals surface area contributed by atoms with Gasteiger partial charge in [0.25, 0.3) is 0 Å². The summed E-state index contributed by atoms with van der Waals surface area (Å²) in [6.45, 7) is 0.236. The molecule has 7 heteroatoms. The van der Waals surface area contributed by atoms with Gasteiger partial charge in [-0.05, 0) is 12.1 Å². The molecule has 0 atom stereocenters. The van der Waals surface area contributed by atoms with Crippen molar-refractivity contribution in [3.05, 3.63) is 52.3 Å². The zero-order valence-electron chi connectivity index (χ0n) is 9.82. The lowest BCUT2D eigenvalue weighted by Gasteiger charge is -2.06. The maximum atomic E-state index is 13.2. The van der Waals surface area contributed by atoms with Gasteiger partial charge in [0.15, 0.2) is 11.6 Å². The van der Waals surface area contributed by atoms with E-state index in [2.05, 4.69) is 4.98 Å². The van der Waals surface area contributed by atoms with Crippen LogP contribution in [0.2, 0.25) is 0 Å². The SMILES string of the molecule is O=c1[nH]cc(CSCCOc2cccc(F)c2F)o1. The second-order valence-corrected chi connectivity index (χ2v) is 4.70. The molecule has 0 fully saturated rings. The third kappa shape index (κ3) is 3.85.